The van der Waals surface area contributed by atoms with Crippen LogP contribution in [0.4, 0.5) is 8.78 Å². The first kappa shape index (κ1) is 33.1. The van der Waals surface area contributed by atoms with E-state index in [1.165, 1.54) is 13.2 Å². The van der Waals surface area contributed by atoms with E-state index < -0.39 is 35.7 Å². The normalized spacial score (nSPS) is 16.5. The van der Waals surface area contributed by atoms with Gasteiger partial charge in [0, 0.05) is 57.0 Å². The summed E-state index contributed by atoms with van der Waals surface area (Å²) in [4.78, 5) is 42.6. The van der Waals surface area contributed by atoms with Crippen LogP contribution in [0.5, 0.6) is 0 Å². The Bertz CT molecular complexity index is 1220. The number of aryl methyl sites for hydroxylation is 1. The zero-order valence-corrected chi connectivity index (χ0v) is 24.8. The fraction of sp³-hybridized carbons (Fsp3) is 0.516. The van der Waals surface area contributed by atoms with Crippen LogP contribution in [0.15, 0.2) is 36.4 Å². The highest BCUT2D eigenvalue weighted by Gasteiger charge is 2.34. The van der Waals surface area contributed by atoms with Gasteiger partial charge in [-0.15, -0.1) is 0 Å². The van der Waals surface area contributed by atoms with Gasteiger partial charge in [0.2, 0.25) is 5.91 Å². The molecule has 0 aliphatic carbocycles. The minimum Gasteiger partial charge on any atom is -0.389 e. The molecule has 3 amide bonds. The van der Waals surface area contributed by atoms with E-state index in [1.54, 1.807) is 28.9 Å². The Kier molecular flexibility index (Phi) is 12.4. The highest BCUT2D eigenvalue weighted by atomic mass is 19.1. The lowest BCUT2D eigenvalue weighted by Crippen LogP contribution is -2.62. The summed E-state index contributed by atoms with van der Waals surface area (Å²) in [7, 11) is 1.42. The zero-order valence-electron chi connectivity index (χ0n) is 24.8. The lowest BCUT2D eigenvalue weighted by atomic mass is 9.94. The van der Waals surface area contributed by atoms with E-state index in [-0.39, 0.29) is 42.5 Å². The van der Waals surface area contributed by atoms with Crippen molar-refractivity contribution in [3.63, 3.8) is 0 Å². The summed E-state index contributed by atoms with van der Waals surface area (Å²) in [6.45, 7) is 7.85. The van der Waals surface area contributed by atoms with Crippen molar-refractivity contribution in [2.24, 2.45) is 0 Å². The fourth-order valence-electron chi connectivity index (χ4n) is 5.30. The Morgan fingerprint density at radius 1 is 1.07 bits per heavy atom. The molecule has 3 rings (SSSR count). The van der Waals surface area contributed by atoms with Gasteiger partial charge >= 0.3 is 0 Å². The highest BCUT2D eigenvalue weighted by molar-refractivity contribution is 6.00. The molecule has 0 bridgehead atoms. The predicted octanol–water partition coefficient (Wildman–Crippen LogP) is 2.68. The number of carbonyl (C=O) groups excluding carboxylic acids is 3. The number of nitrogens with one attached hydrogen (secondary N) is 2. The number of aliphatic hydroxyl groups is 1. The molecule has 1 saturated heterocycles. The quantitative estimate of drug-likeness (QED) is 0.332. The molecule has 0 radical (unpaired) electrons. The molecule has 0 unspecified atom stereocenters. The highest BCUT2D eigenvalue weighted by Crippen LogP contribution is 2.18. The summed E-state index contributed by atoms with van der Waals surface area (Å²) < 4.78 is 33.0. The Balaban J connectivity index is 1.89. The summed E-state index contributed by atoms with van der Waals surface area (Å²) in [6.07, 6.45) is 0.294. The minimum absolute atomic E-state index is 0.0792. The first-order chi connectivity index (χ1) is 20.1. The minimum atomic E-state index is -1.23. The number of hydrogen-bond donors (Lipinski definition) is 3. The first-order valence-electron chi connectivity index (χ1n) is 14.4. The molecule has 2 aromatic rings. The smallest absolute Gasteiger partial charge is 0.253 e. The molecule has 2 aromatic carbocycles. The van der Waals surface area contributed by atoms with Crippen LogP contribution >= 0.6 is 0 Å². The molecule has 230 valence electrons. The maximum atomic E-state index is 14.0. The van der Waals surface area contributed by atoms with E-state index in [1.807, 2.05) is 13.8 Å². The van der Waals surface area contributed by atoms with Crippen LogP contribution in [0.2, 0.25) is 0 Å². The average molecular weight is 589 g/mol. The van der Waals surface area contributed by atoms with Crippen molar-refractivity contribution >= 4 is 17.7 Å². The molecule has 42 heavy (non-hydrogen) atoms. The van der Waals surface area contributed by atoms with Gasteiger partial charge in [-0.1, -0.05) is 13.8 Å². The number of methoxy groups -OCH3 is 1. The Hall–Kier alpha value is -3.41. The molecule has 0 saturated carbocycles. The molecule has 3 atom stereocenters. The summed E-state index contributed by atoms with van der Waals surface area (Å²) in [5.41, 5.74) is 1.56. The van der Waals surface area contributed by atoms with E-state index in [2.05, 4.69) is 10.6 Å². The van der Waals surface area contributed by atoms with Crippen LogP contribution in [0.3, 0.4) is 0 Å². The van der Waals surface area contributed by atoms with Crippen molar-refractivity contribution < 1.29 is 33.0 Å². The predicted molar refractivity (Wildman–Crippen MR) is 155 cm³/mol. The number of aliphatic hydroxyl groups excluding tert-OH is 1. The molecule has 0 aromatic heterocycles. The van der Waals surface area contributed by atoms with Crippen molar-refractivity contribution in [1.82, 2.24) is 20.4 Å². The van der Waals surface area contributed by atoms with Gasteiger partial charge in [-0.05, 0) is 67.6 Å². The molecule has 9 nitrogen and oxygen atoms in total. The number of halogens is 2. The van der Waals surface area contributed by atoms with Gasteiger partial charge in [0.15, 0.2) is 0 Å². The van der Waals surface area contributed by atoms with Crippen LogP contribution in [0, 0.1) is 18.6 Å². The Morgan fingerprint density at radius 2 is 1.71 bits per heavy atom. The molecular formula is C31H42F2N4O5. The molecule has 1 aliphatic heterocycles. The largest absolute Gasteiger partial charge is 0.389 e. The number of benzene rings is 2. The molecular weight excluding hydrogens is 546 g/mol. The molecule has 3 N–H and O–H groups in total. The van der Waals surface area contributed by atoms with Gasteiger partial charge in [-0.2, -0.15) is 0 Å². The van der Waals surface area contributed by atoms with Gasteiger partial charge in [0.25, 0.3) is 11.8 Å². The third kappa shape index (κ3) is 9.04. The van der Waals surface area contributed by atoms with Crippen LogP contribution in [0.25, 0.3) is 0 Å². The van der Waals surface area contributed by atoms with E-state index in [0.29, 0.717) is 37.3 Å². The second-order valence-electron chi connectivity index (χ2n) is 10.8. The molecule has 0 spiro atoms. The van der Waals surface area contributed by atoms with Crippen LogP contribution in [0.1, 0.15) is 58.5 Å². The molecule has 11 heteroatoms. The zero-order chi connectivity index (χ0) is 30.8. The molecule has 1 fully saturated rings. The van der Waals surface area contributed by atoms with Crippen molar-refractivity contribution in [2.75, 3.05) is 46.4 Å². The summed E-state index contributed by atoms with van der Waals surface area (Å²) in [5.74, 6) is -2.50. The lowest BCUT2D eigenvalue weighted by Gasteiger charge is -2.38. The van der Waals surface area contributed by atoms with Crippen LogP contribution in [-0.2, 0) is 16.0 Å². The summed E-state index contributed by atoms with van der Waals surface area (Å²) >= 11 is 0. The third-order valence-electron chi connectivity index (χ3n) is 7.21. The number of carbonyl (C=O) groups is 3. The number of hydrogen-bond acceptors (Lipinski definition) is 6. The number of nitrogens with zero attached hydrogens (tertiary/aromatic N) is 2. The van der Waals surface area contributed by atoms with Crippen molar-refractivity contribution in [3.8, 4) is 0 Å². The number of rotatable bonds is 13. The maximum Gasteiger partial charge on any atom is 0.253 e. The van der Waals surface area contributed by atoms with Crippen molar-refractivity contribution in [2.45, 2.75) is 58.2 Å². The van der Waals surface area contributed by atoms with Crippen LogP contribution in [-0.4, -0.2) is 97.3 Å². The van der Waals surface area contributed by atoms with Gasteiger partial charge in [0.05, 0.1) is 18.2 Å². The number of ether oxygens (including phenoxy) is 1. The van der Waals surface area contributed by atoms with Crippen LogP contribution < -0.4 is 10.6 Å². The van der Waals surface area contributed by atoms with Gasteiger partial charge < -0.3 is 30.3 Å². The average Bonchev–Trinajstić information content (AvgIpc) is 2.95. The third-order valence-corrected chi connectivity index (χ3v) is 7.21. The SMILES string of the molecule is CCCN(CCC)C(=O)c1cc(C)cc(C(=O)N[C@@H](Cc2cc(F)cc(F)c2)[C@H](O)[C@H]2CN(C(=O)COC)CCN2)c1. The number of piperazine rings is 1. The maximum absolute atomic E-state index is 14.0. The Morgan fingerprint density at radius 3 is 2.33 bits per heavy atom. The number of amides is 3. The van der Waals surface area contributed by atoms with E-state index in [9.17, 15) is 28.3 Å². The summed E-state index contributed by atoms with van der Waals surface area (Å²) in [6, 6.07) is 6.34. The van der Waals surface area contributed by atoms with Gasteiger partial charge in [0.1, 0.15) is 18.2 Å². The van der Waals surface area contributed by atoms with Crippen molar-refractivity contribution in [1.29, 1.82) is 0 Å². The fourth-order valence-corrected chi connectivity index (χ4v) is 5.30. The second-order valence-corrected chi connectivity index (χ2v) is 10.8. The standard InChI is InChI=1S/C31H42F2N4O5/c1-5-8-36(9-6-2)31(41)23-12-20(3)11-22(16-23)30(40)35-26(15-21-13-24(32)17-25(33)14-21)29(39)27-18-37(10-7-34-27)28(38)19-42-4/h11-14,16-17,26-27,29,34,39H,5-10,15,18-19H2,1-4H3,(H,35,40)/t26-,27+,29-/m0/s1. The Labute approximate surface area is 246 Å². The monoisotopic (exact) mass is 588 g/mol. The lowest BCUT2D eigenvalue weighted by molar-refractivity contribution is -0.137. The van der Waals surface area contributed by atoms with Gasteiger partial charge in [-0.25, -0.2) is 8.78 Å². The van der Waals surface area contributed by atoms with Gasteiger partial charge in [-0.3, -0.25) is 14.4 Å². The van der Waals surface area contributed by atoms with Crippen molar-refractivity contribution in [3.05, 3.63) is 70.3 Å². The van der Waals surface area contributed by atoms with E-state index in [4.69, 9.17) is 4.74 Å². The molecule has 1 aliphatic rings. The first-order valence-corrected chi connectivity index (χ1v) is 14.4. The van der Waals surface area contributed by atoms with E-state index in [0.717, 1.165) is 31.0 Å². The second kappa shape index (κ2) is 15.7. The van der Waals surface area contributed by atoms with E-state index >= 15 is 0 Å². The molecule has 1 heterocycles. The topological polar surface area (TPSA) is 111 Å². The summed E-state index contributed by atoms with van der Waals surface area (Å²) in [5, 5.41) is 17.5.